The standard InChI is InChI=1S/C15H11ClN2O2S/c1-9-7-10(16)4-5-13(9)18-14(19)12(17-15(18)21)8-11-3-2-6-20-11/h2-8H,1H3,(H,17,21)/b12-8+. The Balaban J connectivity index is 1.98. The Morgan fingerprint density at radius 1 is 1.38 bits per heavy atom. The molecule has 1 fully saturated rings. The molecule has 0 radical (unpaired) electrons. The molecule has 1 aromatic carbocycles. The number of carbonyl (C=O) groups is 1. The minimum atomic E-state index is -0.221. The highest BCUT2D eigenvalue weighted by Gasteiger charge is 2.32. The lowest BCUT2D eigenvalue weighted by molar-refractivity contribution is -0.113. The molecule has 0 spiro atoms. The van der Waals surface area contributed by atoms with E-state index in [9.17, 15) is 4.79 Å². The lowest BCUT2D eigenvalue weighted by Crippen LogP contribution is -2.30. The van der Waals surface area contributed by atoms with Crippen molar-refractivity contribution in [2.75, 3.05) is 4.90 Å². The molecule has 4 nitrogen and oxygen atoms in total. The van der Waals surface area contributed by atoms with Crippen molar-refractivity contribution in [2.24, 2.45) is 0 Å². The molecule has 106 valence electrons. The van der Waals surface area contributed by atoms with E-state index in [4.69, 9.17) is 28.2 Å². The lowest BCUT2D eigenvalue weighted by atomic mass is 10.2. The van der Waals surface area contributed by atoms with Crippen molar-refractivity contribution in [1.82, 2.24) is 5.32 Å². The monoisotopic (exact) mass is 318 g/mol. The number of halogens is 1. The van der Waals surface area contributed by atoms with Gasteiger partial charge < -0.3 is 9.73 Å². The SMILES string of the molecule is Cc1cc(Cl)ccc1N1C(=O)/C(=C\c2ccco2)NC1=S. The van der Waals surface area contributed by atoms with Crippen LogP contribution < -0.4 is 10.2 Å². The zero-order valence-corrected chi connectivity index (χ0v) is 12.7. The number of furan rings is 1. The summed E-state index contributed by atoms with van der Waals surface area (Å²) in [5, 5.41) is 3.86. The molecule has 0 atom stereocenters. The fraction of sp³-hybridized carbons (Fsp3) is 0.0667. The summed E-state index contributed by atoms with van der Waals surface area (Å²) < 4.78 is 5.21. The van der Waals surface area contributed by atoms with E-state index in [0.29, 0.717) is 27.3 Å². The Bertz CT molecular complexity index is 753. The molecule has 1 aliphatic rings. The summed E-state index contributed by atoms with van der Waals surface area (Å²) in [6.45, 7) is 1.88. The van der Waals surface area contributed by atoms with Crippen molar-refractivity contribution >= 4 is 46.6 Å². The number of thiocarbonyl (C=S) groups is 1. The first-order valence-corrected chi connectivity index (χ1v) is 7.01. The molecule has 2 heterocycles. The summed E-state index contributed by atoms with van der Waals surface area (Å²) in [6, 6.07) is 8.82. The van der Waals surface area contributed by atoms with Gasteiger partial charge in [0.05, 0.1) is 12.0 Å². The molecule has 1 N–H and O–H groups in total. The first kappa shape index (κ1) is 13.9. The van der Waals surface area contributed by atoms with E-state index in [1.807, 2.05) is 6.92 Å². The Morgan fingerprint density at radius 2 is 2.19 bits per heavy atom. The fourth-order valence-corrected chi connectivity index (χ4v) is 2.66. The van der Waals surface area contributed by atoms with Gasteiger partial charge in [0.15, 0.2) is 5.11 Å². The number of nitrogens with zero attached hydrogens (tertiary/aromatic N) is 1. The number of hydrogen-bond donors (Lipinski definition) is 1. The highest BCUT2D eigenvalue weighted by Crippen LogP contribution is 2.27. The molecular formula is C15H11ClN2O2S. The predicted octanol–water partition coefficient (Wildman–Crippen LogP) is 3.50. The van der Waals surface area contributed by atoms with Crippen molar-refractivity contribution in [3.05, 3.63) is 58.6 Å². The van der Waals surface area contributed by atoms with Gasteiger partial charge in [-0.05, 0) is 55.0 Å². The largest absolute Gasteiger partial charge is 0.465 e. The predicted molar refractivity (Wildman–Crippen MR) is 86.1 cm³/mol. The number of nitrogens with one attached hydrogen (secondary N) is 1. The number of aryl methyl sites for hydroxylation is 1. The van der Waals surface area contributed by atoms with E-state index in [1.165, 1.54) is 4.90 Å². The highest BCUT2D eigenvalue weighted by molar-refractivity contribution is 7.80. The van der Waals surface area contributed by atoms with Gasteiger partial charge in [0, 0.05) is 11.1 Å². The Hall–Kier alpha value is -2.11. The zero-order chi connectivity index (χ0) is 15.0. The van der Waals surface area contributed by atoms with Crippen LogP contribution in [0.25, 0.3) is 6.08 Å². The van der Waals surface area contributed by atoms with E-state index < -0.39 is 0 Å². The molecule has 21 heavy (non-hydrogen) atoms. The molecule has 3 rings (SSSR count). The topological polar surface area (TPSA) is 45.5 Å². The maximum absolute atomic E-state index is 12.5. The first-order valence-electron chi connectivity index (χ1n) is 6.23. The number of anilines is 1. The Morgan fingerprint density at radius 3 is 2.86 bits per heavy atom. The fourth-order valence-electron chi connectivity index (χ4n) is 2.14. The van der Waals surface area contributed by atoms with E-state index in [0.717, 1.165) is 5.56 Å². The quantitative estimate of drug-likeness (QED) is 0.680. The molecule has 6 heteroatoms. The van der Waals surface area contributed by atoms with Crippen LogP contribution in [0, 0.1) is 6.92 Å². The van der Waals surface area contributed by atoms with Crippen molar-refractivity contribution in [3.63, 3.8) is 0 Å². The number of carbonyl (C=O) groups excluding carboxylic acids is 1. The van der Waals surface area contributed by atoms with Gasteiger partial charge in [-0.2, -0.15) is 0 Å². The normalized spacial score (nSPS) is 16.7. The summed E-state index contributed by atoms with van der Waals surface area (Å²) >= 11 is 11.2. The maximum Gasteiger partial charge on any atom is 0.281 e. The van der Waals surface area contributed by atoms with Crippen molar-refractivity contribution in [2.45, 2.75) is 6.92 Å². The average molecular weight is 319 g/mol. The number of rotatable bonds is 2. The van der Waals surface area contributed by atoms with E-state index in [-0.39, 0.29) is 5.91 Å². The van der Waals surface area contributed by atoms with Crippen LogP contribution in [0.5, 0.6) is 0 Å². The second kappa shape index (κ2) is 5.35. The van der Waals surface area contributed by atoms with E-state index >= 15 is 0 Å². The maximum atomic E-state index is 12.5. The van der Waals surface area contributed by atoms with Crippen LogP contribution in [0.2, 0.25) is 5.02 Å². The summed E-state index contributed by atoms with van der Waals surface area (Å²) in [6.07, 6.45) is 3.17. The third-order valence-corrected chi connectivity index (χ3v) is 3.63. The van der Waals surface area contributed by atoms with Gasteiger partial charge in [-0.1, -0.05) is 11.6 Å². The van der Waals surface area contributed by atoms with Crippen LogP contribution in [-0.2, 0) is 4.79 Å². The summed E-state index contributed by atoms with van der Waals surface area (Å²) in [7, 11) is 0. The molecule has 0 aliphatic carbocycles. The van der Waals surface area contributed by atoms with Crippen molar-refractivity contribution in [1.29, 1.82) is 0 Å². The van der Waals surface area contributed by atoms with Crippen LogP contribution in [0.1, 0.15) is 11.3 Å². The van der Waals surface area contributed by atoms with Gasteiger partial charge in [0.25, 0.3) is 5.91 Å². The third kappa shape index (κ3) is 2.57. The molecule has 1 saturated heterocycles. The Kier molecular flexibility index (Phi) is 3.53. The van der Waals surface area contributed by atoms with Gasteiger partial charge in [-0.3, -0.25) is 9.69 Å². The third-order valence-electron chi connectivity index (χ3n) is 3.11. The number of benzene rings is 1. The Labute approximate surface area is 132 Å². The summed E-state index contributed by atoms with van der Waals surface area (Å²) in [4.78, 5) is 14.0. The zero-order valence-electron chi connectivity index (χ0n) is 11.1. The van der Waals surface area contributed by atoms with Gasteiger partial charge in [-0.25, -0.2) is 0 Å². The molecule has 0 saturated carbocycles. The second-order valence-electron chi connectivity index (χ2n) is 4.57. The van der Waals surface area contributed by atoms with Gasteiger partial charge in [0.2, 0.25) is 0 Å². The molecule has 0 bridgehead atoms. The van der Waals surface area contributed by atoms with Crippen LogP contribution in [0.3, 0.4) is 0 Å². The van der Waals surface area contributed by atoms with E-state index in [1.54, 1.807) is 42.7 Å². The molecular weight excluding hydrogens is 308 g/mol. The first-order chi connectivity index (χ1) is 10.1. The second-order valence-corrected chi connectivity index (χ2v) is 5.40. The van der Waals surface area contributed by atoms with Crippen LogP contribution >= 0.6 is 23.8 Å². The molecule has 1 aromatic heterocycles. The average Bonchev–Trinajstić information content (AvgIpc) is 3.02. The van der Waals surface area contributed by atoms with Crippen molar-refractivity contribution in [3.8, 4) is 0 Å². The van der Waals surface area contributed by atoms with E-state index in [2.05, 4.69) is 5.32 Å². The summed E-state index contributed by atoms with van der Waals surface area (Å²) in [5.74, 6) is 0.366. The molecule has 0 unspecified atom stereocenters. The molecule has 2 aromatic rings. The summed E-state index contributed by atoms with van der Waals surface area (Å²) in [5.41, 5.74) is 1.97. The number of amides is 1. The minimum absolute atomic E-state index is 0.221. The van der Waals surface area contributed by atoms with Crippen LogP contribution in [-0.4, -0.2) is 11.0 Å². The van der Waals surface area contributed by atoms with Crippen LogP contribution in [0.15, 0.2) is 46.7 Å². The smallest absolute Gasteiger partial charge is 0.281 e. The van der Waals surface area contributed by atoms with Gasteiger partial charge in [-0.15, -0.1) is 0 Å². The van der Waals surface area contributed by atoms with Crippen molar-refractivity contribution < 1.29 is 9.21 Å². The van der Waals surface area contributed by atoms with Gasteiger partial charge in [0.1, 0.15) is 11.5 Å². The molecule has 1 aliphatic heterocycles. The molecule has 1 amide bonds. The highest BCUT2D eigenvalue weighted by atomic mass is 35.5. The van der Waals surface area contributed by atoms with Gasteiger partial charge >= 0.3 is 0 Å². The lowest BCUT2D eigenvalue weighted by Gasteiger charge is -2.16. The van der Waals surface area contributed by atoms with Crippen LogP contribution in [0.4, 0.5) is 5.69 Å². The number of hydrogen-bond acceptors (Lipinski definition) is 3. The minimum Gasteiger partial charge on any atom is -0.465 e.